The Kier molecular flexibility index (Phi) is 3.70. The molecule has 78 valence electrons. The van der Waals surface area contributed by atoms with Crippen molar-refractivity contribution >= 4 is 0 Å². The van der Waals surface area contributed by atoms with Gasteiger partial charge in [-0.15, -0.1) is 0 Å². The first-order chi connectivity index (χ1) is 6.50. The predicted molar refractivity (Wildman–Crippen MR) is 62.5 cm³/mol. The van der Waals surface area contributed by atoms with Crippen molar-refractivity contribution in [1.29, 1.82) is 0 Å². The zero-order chi connectivity index (χ0) is 10.7. The molecule has 1 nitrogen and oxygen atoms in total. The van der Waals surface area contributed by atoms with Crippen LogP contribution in [0.25, 0.3) is 0 Å². The number of rotatable bonds is 3. The number of hydrogen-bond acceptors (Lipinski definition) is 1. The third kappa shape index (κ3) is 2.85. The number of hydrogen-bond donors (Lipinski definition) is 0. The van der Waals surface area contributed by atoms with E-state index in [0.29, 0.717) is 6.04 Å². The number of aryl methyl sites for hydroxylation is 2. The van der Waals surface area contributed by atoms with Gasteiger partial charge in [-0.2, -0.15) is 0 Å². The van der Waals surface area contributed by atoms with Gasteiger partial charge in [0.25, 0.3) is 0 Å². The fourth-order valence-electron chi connectivity index (χ4n) is 1.47. The second kappa shape index (κ2) is 4.61. The minimum Gasteiger partial charge on any atom is -0.300 e. The lowest BCUT2D eigenvalue weighted by Crippen LogP contribution is -2.25. The van der Waals surface area contributed by atoms with Crippen molar-refractivity contribution in [3.05, 3.63) is 34.9 Å². The van der Waals surface area contributed by atoms with Gasteiger partial charge in [-0.3, -0.25) is 4.90 Å². The van der Waals surface area contributed by atoms with Gasteiger partial charge in [-0.1, -0.05) is 23.8 Å². The lowest BCUT2D eigenvalue weighted by atomic mass is 10.1. The van der Waals surface area contributed by atoms with E-state index in [1.807, 2.05) is 0 Å². The second-order valence-corrected chi connectivity index (χ2v) is 4.44. The average Bonchev–Trinajstić information content (AvgIpc) is 2.09. The first kappa shape index (κ1) is 11.3. The van der Waals surface area contributed by atoms with Gasteiger partial charge in [0.05, 0.1) is 0 Å². The third-order valence-electron chi connectivity index (χ3n) is 2.80. The number of nitrogens with zero attached hydrogens (tertiary/aromatic N) is 1. The Morgan fingerprint density at radius 2 is 1.86 bits per heavy atom. The van der Waals surface area contributed by atoms with Crippen LogP contribution in [-0.4, -0.2) is 18.0 Å². The standard InChI is InChI=1S/C13H21N/c1-10(2)14(5)9-13-7-6-11(3)8-12(13)4/h6-8,10H,9H2,1-5H3. The average molecular weight is 191 g/mol. The first-order valence-electron chi connectivity index (χ1n) is 5.27. The Morgan fingerprint density at radius 3 is 2.36 bits per heavy atom. The minimum atomic E-state index is 0.607. The predicted octanol–water partition coefficient (Wildman–Crippen LogP) is 3.14. The summed E-state index contributed by atoms with van der Waals surface area (Å²) in [6.07, 6.45) is 0. The molecule has 0 heterocycles. The second-order valence-electron chi connectivity index (χ2n) is 4.44. The van der Waals surface area contributed by atoms with Crippen LogP contribution in [0.2, 0.25) is 0 Å². The molecule has 0 aliphatic rings. The van der Waals surface area contributed by atoms with Crippen LogP contribution < -0.4 is 0 Å². The molecule has 0 N–H and O–H groups in total. The summed E-state index contributed by atoms with van der Waals surface area (Å²) in [6, 6.07) is 7.29. The van der Waals surface area contributed by atoms with Gasteiger partial charge in [-0.05, 0) is 45.9 Å². The Labute approximate surface area is 87.7 Å². The fourth-order valence-corrected chi connectivity index (χ4v) is 1.47. The molecule has 0 aromatic heterocycles. The van der Waals surface area contributed by atoms with E-state index in [1.54, 1.807) is 0 Å². The van der Waals surface area contributed by atoms with Crippen molar-refractivity contribution in [3.63, 3.8) is 0 Å². The Balaban J connectivity index is 2.77. The van der Waals surface area contributed by atoms with E-state index in [-0.39, 0.29) is 0 Å². The summed E-state index contributed by atoms with van der Waals surface area (Å²) >= 11 is 0. The molecule has 0 amide bonds. The van der Waals surface area contributed by atoms with Crippen LogP contribution in [0.4, 0.5) is 0 Å². The molecule has 0 unspecified atom stereocenters. The zero-order valence-corrected chi connectivity index (χ0v) is 9.96. The highest BCUT2D eigenvalue weighted by Gasteiger charge is 2.05. The maximum Gasteiger partial charge on any atom is 0.0236 e. The summed E-state index contributed by atoms with van der Waals surface area (Å²) in [4.78, 5) is 2.36. The van der Waals surface area contributed by atoms with E-state index in [0.717, 1.165) is 6.54 Å². The van der Waals surface area contributed by atoms with Crippen LogP contribution in [0.15, 0.2) is 18.2 Å². The summed E-state index contributed by atoms with van der Waals surface area (Å²) in [6.45, 7) is 9.83. The molecule has 0 saturated carbocycles. The molecular formula is C13H21N. The maximum absolute atomic E-state index is 2.36. The van der Waals surface area contributed by atoms with E-state index < -0.39 is 0 Å². The SMILES string of the molecule is Cc1ccc(CN(C)C(C)C)c(C)c1. The molecule has 1 aromatic rings. The lowest BCUT2D eigenvalue weighted by molar-refractivity contribution is 0.265. The summed E-state index contributed by atoms with van der Waals surface area (Å²) in [5.74, 6) is 0. The van der Waals surface area contributed by atoms with Gasteiger partial charge in [-0.25, -0.2) is 0 Å². The van der Waals surface area contributed by atoms with E-state index in [9.17, 15) is 0 Å². The Morgan fingerprint density at radius 1 is 1.21 bits per heavy atom. The molecule has 0 bridgehead atoms. The minimum absolute atomic E-state index is 0.607. The van der Waals surface area contributed by atoms with E-state index >= 15 is 0 Å². The molecule has 1 aromatic carbocycles. The van der Waals surface area contributed by atoms with Crippen LogP contribution in [0.3, 0.4) is 0 Å². The third-order valence-corrected chi connectivity index (χ3v) is 2.80. The van der Waals surface area contributed by atoms with Gasteiger partial charge in [0.2, 0.25) is 0 Å². The van der Waals surface area contributed by atoms with Crippen LogP contribution >= 0.6 is 0 Å². The zero-order valence-electron chi connectivity index (χ0n) is 9.96. The molecule has 0 fully saturated rings. The normalized spacial score (nSPS) is 11.4. The summed E-state index contributed by atoms with van der Waals surface area (Å²) < 4.78 is 0. The van der Waals surface area contributed by atoms with Gasteiger partial charge in [0.1, 0.15) is 0 Å². The molecular weight excluding hydrogens is 170 g/mol. The Hall–Kier alpha value is -0.820. The van der Waals surface area contributed by atoms with Gasteiger partial charge in [0.15, 0.2) is 0 Å². The molecule has 1 rings (SSSR count). The molecule has 0 spiro atoms. The van der Waals surface area contributed by atoms with Crippen molar-refractivity contribution in [2.75, 3.05) is 7.05 Å². The van der Waals surface area contributed by atoms with Crippen molar-refractivity contribution < 1.29 is 0 Å². The highest BCUT2D eigenvalue weighted by Crippen LogP contribution is 2.13. The van der Waals surface area contributed by atoms with Gasteiger partial charge >= 0.3 is 0 Å². The van der Waals surface area contributed by atoms with Gasteiger partial charge < -0.3 is 0 Å². The summed E-state index contributed by atoms with van der Waals surface area (Å²) in [5, 5.41) is 0. The quantitative estimate of drug-likeness (QED) is 0.709. The van der Waals surface area contributed by atoms with E-state index in [1.165, 1.54) is 16.7 Å². The smallest absolute Gasteiger partial charge is 0.0236 e. The highest BCUT2D eigenvalue weighted by atomic mass is 15.1. The molecule has 0 saturated heterocycles. The molecule has 0 aliphatic carbocycles. The molecule has 1 heteroatoms. The molecule has 14 heavy (non-hydrogen) atoms. The van der Waals surface area contributed by atoms with Crippen LogP contribution in [-0.2, 0) is 6.54 Å². The van der Waals surface area contributed by atoms with Crippen molar-refractivity contribution in [2.24, 2.45) is 0 Å². The molecule has 0 atom stereocenters. The highest BCUT2D eigenvalue weighted by molar-refractivity contribution is 5.30. The van der Waals surface area contributed by atoms with Crippen molar-refractivity contribution in [1.82, 2.24) is 4.90 Å². The monoisotopic (exact) mass is 191 g/mol. The van der Waals surface area contributed by atoms with Gasteiger partial charge in [0, 0.05) is 12.6 Å². The van der Waals surface area contributed by atoms with Crippen LogP contribution in [0, 0.1) is 13.8 Å². The maximum atomic E-state index is 2.36. The first-order valence-corrected chi connectivity index (χ1v) is 5.27. The number of benzene rings is 1. The Bertz CT molecular complexity index is 302. The van der Waals surface area contributed by atoms with E-state index in [4.69, 9.17) is 0 Å². The lowest BCUT2D eigenvalue weighted by Gasteiger charge is -2.22. The summed E-state index contributed by atoms with van der Waals surface area (Å²) in [7, 11) is 2.17. The van der Waals surface area contributed by atoms with E-state index in [2.05, 4.69) is 57.8 Å². The molecule has 0 aliphatic heterocycles. The largest absolute Gasteiger partial charge is 0.300 e. The topological polar surface area (TPSA) is 3.24 Å². The van der Waals surface area contributed by atoms with Crippen molar-refractivity contribution in [3.8, 4) is 0 Å². The van der Waals surface area contributed by atoms with Crippen LogP contribution in [0.1, 0.15) is 30.5 Å². The van der Waals surface area contributed by atoms with Crippen LogP contribution in [0.5, 0.6) is 0 Å². The fraction of sp³-hybridized carbons (Fsp3) is 0.538. The summed E-state index contributed by atoms with van der Waals surface area (Å²) in [5.41, 5.74) is 4.18. The van der Waals surface area contributed by atoms with Crippen molar-refractivity contribution in [2.45, 2.75) is 40.3 Å². The molecule has 0 radical (unpaired) electrons.